The van der Waals surface area contributed by atoms with Crippen LogP contribution in [0.3, 0.4) is 0 Å². The van der Waals surface area contributed by atoms with Crippen molar-refractivity contribution in [2.45, 2.75) is 18.2 Å². The second kappa shape index (κ2) is 7.16. The third-order valence-electron chi connectivity index (χ3n) is 2.25. The Labute approximate surface area is 133 Å². The van der Waals surface area contributed by atoms with Gasteiger partial charge in [-0.3, -0.25) is 4.79 Å². The van der Waals surface area contributed by atoms with Gasteiger partial charge in [-0.2, -0.15) is 0 Å². The summed E-state index contributed by atoms with van der Waals surface area (Å²) in [6, 6.07) is 1.53. The number of ether oxygens (including phenoxy) is 1. The Morgan fingerprint density at radius 1 is 1.47 bits per heavy atom. The minimum atomic E-state index is -3.60. The molecule has 0 amide bonds. The lowest BCUT2D eigenvalue weighted by molar-refractivity contribution is -0.143. The highest BCUT2D eigenvalue weighted by Gasteiger charge is 2.25. The van der Waals surface area contributed by atoms with Crippen LogP contribution in [0.1, 0.15) is 13.3 Å². The number of halogens is 2. The normalized spacial score (nSPS) is 11.8. The molecule has 0 aliphatic heterocycles. The van der Waals surface area contributed by atoms with Gasteiger partial charge in [-0.25, -0.2) is 12.7 Å². The standard InChI is InChI=1S/C10H13Br2NO4S2/c1-3-17-9(14)4-5-13(2)19(15,16)7-6-8(11)18-10(7)12/h6H,3-5H2,1-2H3. The van der Waals surface area contributed by atoms with E-state index in [4.69, 9.17) is 4.74 Å². The van der Waals surface area contributed by atoms with E-state index in [-0.39, 0.29) is 17.9 Å². The van der Waals surface area contributed by atoms with E-state index in [1.807, 2.05) is 0 Å². The van der Waals surface area contributed by atoms with Gasteiger partial charge in [0.15, 0.2) is 0 Å². The zero-order valence-corrected chi connectivity index (χ0v) is 15.2. The maximum absolute atomic E-state index is 12.3. The van der Waals surface area contributed by atoms with Crippen molar-refractivity contribution in [3.05, 3.63) is 13.6 Å². The Bertz CT molecular complexity index is 556. The third kappa shape index (κ3) is 4.52. The molecular formula is C10H13Br2NO4S2. The first kappa shape index (κ1) is 17.1. The minimum absolute atomic E-state index is 0.0342. The Morgan fingerprint density at radius 2 is 2.11 bits per heavy atom. The van der Waals surface area contributed by atoms with E-state index in [1.54, 1.807) is 6.92 Å². The summed E-state index contributed by atoms with van der Waals surface area (Å²) < 4.78 is 31.7. The molecule has 0 N–H and O–H groups in total. The fourth-order valence-corrected chi connectivity index (χ4v) is 6.20. The first-order valence-corrected chi connectivity index (χ1v) is 9.20. The number of hydrogen-bond donors (Lipinski definition) is 0. The number of esters is 1. The monoisotopic (exact) mass is 433 g/mol. The summed E-state index contributed by atoms with van der Waals surface area (Å²) in [5.41, 5.74) is 0. The summed E-state index contributed by atoms with van der Waals surface area (Å²) >= 11 is 7.74. The third-order valence-corrected chi connectivity index (χ3v) is 6.86. The van der Waals surface area contributed by atoms with Gasteiger partial charge in [0.25, 0.3) is 0 Å². The van der Waals surface area contributed by atoms with Crippen molar-refractivity contribution in [1.29, 1.82) is 0 Å². The predicted molar refractivity (Wildman–Crippen MR) is 80.8 cm³/mol. The lowest BCUT2D eigenvalue weighted by Gasteiger charge is -2.16. The Kier molecular flexibility index (Phi) is 6.44. The van der Waals surface area contributed by atoms with Crippen LogP contribution >= 0.6 is 43.2 Å². The lowest BCUT2D eigenvalue weighted by Crippen LogP contribution is -2.29. The largest absolute Gasteiger partial charge is 0.466 e. The maximum Gasteiger partial charge on any atom is 0.307 e. The highest BCUT2D eigenvalue weighted by atomic mass is 79.9. The van der Waals surface area contributed by atoms with Gasteiger partial charge in [0.1, 0.15) is 4.90 Å². The number of hydrogen-bond acceptors (Lipinski definition) is 5. The van der Waals surface area contributed by atoms with Gasteiger partial charge < -0.3 is 4.74 Å². The molecule has 0 bridgehead atoms. The first-order chi connectivity index (χ1) is 8.78. The number of carbonyl (C=O) groups is 1. The Balaban J connectivity index is 2.78. The molecule has 108 valence electrons. The van der Waals surface area contributed by atoms with Gasteiger partial charge in [0.05, 0.1) is 20.6 Å². The van der Waals surface area contributed by atoms with Crippen LogP contribution in [-0.4, -0.2) is 38.9 Å². The summed E-state index contributed by atoms with van der Waals surface area (Å²) in [5.74, 6) is -0.407. The molecule has 1 rings (SSSR count). The fourth-order valence-electron chi connectivity index (χ4n) is 1.27. The smallest absolute Gasteiger partial charge is 0.307 e. The second-order valence-corrected chi connectivity index (χ2v) is 9.33. The van der Waals surface area contributed by atoms with Gasteiger partial charge >= 0.3 is 5.97 Å². The zero-order valence-electron chi connectivity index (χ0n) is 10.4. The first-order valence-electron chi connectivity index (χ1n) is 5.35. The molecule has 9 heteroatoms. The molecule has 0 saturated carbocycles. The van der Waals surface area contributed by atoms with Crippen LogP contribution in [0.4, 0.5) is 0 Å². The van der Waals surface area contributed by atoms with Crippen molar-refractivity contribution in [2.75, 3.05) is 20.2 Å². The van der Waals surface area contributed by atoms with Crippen LogP contribution in [0, 0.1) is 0 Å². The van der Waals surface area contributed by atoms with E-state index in [0.717, 1.165) is 8.09 Å². The summed E-state index contributed by atoms with van der Waals surface area (Å²) in [5, 5.41) is 0. The van der Waals surface area contributed by atoms with Crippen LogP contribution < -0.4 is 0 Å². The van der Waals surface area contributed by atoms with Gasteiger partial charge in [-0.1, -0.05) is 0 Å². The zero-order chi connectivity index (χ0) is 14.6. The Morgan fingerprint density at radius 3 is 2.58 bits per heavy atom. The Hall–Kier alpha value is 0.0400. The van der Waals surface area contributed by atoms with Crippen LogP contribution in [-0.2, 0) is 19.6 Å². The molecule has 0 aliphatic rings. The number of rotatable bonds is 6. The fraction of sp³-hybridized carbons (Fsp3) is 0.500. The average Bonchev–Trinajstić information content (AvgIpc) is 2.66. The molecule has 1 heterocycles. The molecule has 0 fully saturated rings. The summed E-state index contributed by atoms with van der Waals surface area (Å²) in [7, 11) is -2.16. The molecule has 0 aliphatic carbocycles. The van der Waals surface area contributed by atoms with E-state index in [1.165, 1.54) is 24.5 Å². The van der Waals surface area contributed by atoms with E-state index < -0.39 is 16.0 Å². The number of sulfonamides is 1. The highest BCUT2D eigenvalue weighted by Crippen LogP contribution is 2.35. The van der Waals surface area contributed by atoms with Gasteiger partial charge in [0, 0.05) is 13.6 Å². The van der Waals surface area contributed by atoms with Crippen LogP contribution in [0.25, 0.3) is 0 Å². The quantitative estimate of drug-likeness (QED) is 0.645. The number of nitrogens with zero attached hydrogens (tertiary/aromatic N) is 1. The van der Waals surface area contributed by atoms with Gasteiger partial charge in [0.2, 0.25) is 10.0 Å². The molecule has 0 unspecified atom stereocenters. The topological polar surface area (TPSA) is 63.7 Å². The van der Waals surface area contributed by atoms with Gasteiger partial charge in [-0.05, 0) is 44.8 Å². The summed E-state index contributed by atoms with van der Waals surface area (Å²) in [6.45, 7) is 2.08. The van der Waals surface area contributed by atoms with Gasteiger partial charge in [-0.15, -0.1) is 11.3 Å². The van der Waals surface area contributed by atoms with E-state index >= 15 is 0 Å². The van der Waals surface area contributed by atoms with Crippen LogP contribution in [0.15, 0.2) is 18.5 Å². The molecule has 0 radical (unpaired) electrons. The van der Waals surface area contributed by atoms with Crippen molar-refractivity contribution in [2.24, 2.45) is 0 Å². The van der Waals surface area contributed by atoms with Crippen molar-refractivity contribution in [3.63, 3.8) is 0 Å². The molecule has 1 aromatic heterocycles. The molecule has 19 heavy (non-hydrogen) atoms. The van der Waals surface area contributed by atoms with Crippen molar-refractivity contribution >= 4 is 59.2 Å². The second-order valence-electron chi connectivity index (χ2n) is 3.57. The minimum Gasteiger partial charge on any atom is -0.466 e. The highest BCUT2D eigenvalue weighted by molar-refractivity contribution is 9.12. The van der Waals surface area contributed by atoms with Crippen molar-refractivity contribution in [1.82, 2.24) is 4.31 Å². The van der Waals surface area contributed by atoms with E-state index in [0.29, 0.717) is 10.4 Å². The molecule has 1 aromatic rings. The molecule has 0 spiro atoms. The van der Waals surface area contributed by atoms with Crippen molar-refractivity contribution < 1.29 is 17.9 Å². The average molecular weight is 435 g/mol. The van der Waals surface area contributed by atoms with E-state index in [9.17, 15) is 13.2 Å². The lowest BCUT2D eigenvalue weighted by atomic mass is 10.4. The predicted octanol–water partition coefficient (Wildman–Crippen LogP) is 2.85. The van der Waals surface area contributed by atoms with E-state index in [2.05, 4.69) is 31.9 Å². The molecule has 0 atom stereocenters. The van der Waals surface area contributed by atoms with Crippen LogP contribution in [0.2, 0.25) is 0 Å². The number of carbonyl (C=O) groups excluding carboxylic acids is 1. The maximum atomic E-state index is 12.3. The molecule has 5 nitrogen and oxygen atoms in total. The number of thiophene rings is 1. The van der Waals surface area contributed by atoms with Crippen molar-refractivity contribution in [3.8, 4) is 0 Å². The molecular weight excluding hydrogens is 422 g/mol. The van der Waals surface area contributed by atoms with Crippen LogP contribution in [0.5, 0.6) is 0 Å². The summed E-state index contributed by atoms with van der Waals surface area (Å²) in [6.07, 6.45) is 0.0342. The SMILES string of the molecule is CCOC(=O)CCN(C)S(=O)(=O)c1cc(Br)sc1Br. The molecule has 0 aromatic carbocycles. The molecule has 0 saturated heterocycles. The summed E-state index contributed by atoms with van der Waals surface area (Å²) in [4.78, 5) is 11.4.